The van der Waals surface area contributed by atoms with Gasteiger partial charge >= 0.3 is 0 Å². The summed E-state index contributed by atoms with van der Waals surface area (Å²) >= 11 is 0. The quantitative estimate of drug-likeness (QED) is 0.361. The van der Waals surface area contributed by atoms with Crippen molar-refractivity contribution in [3.8, 4) is 0 Å². The van der Waals surface area contributed by atoms with Gasteiger partial charge in [-0.2, -0.15) is 0 Å². The second kappa shape index (κ2) is 7.23. The lowest BCUT2D eigenvalue weighted by Gasteiger charge is -2.00. The molecule has 0 fully saturated rings. The van der Waals surface area contributed by atoms with Gasteiger partial charge in [0.05, 0.1) is 11.0 Å². The van der Waals surface area contributed by atoms with E-state index in [4.69, 9.17) is 0 Å². The highest BCUT2D eigenvalue weighted by atomic mass is 35.5. The first kappa shape index (κ1) is 18.3. The monoisotopic (exact) mass is 416 g/mol. The van der Waals surface area contributed by atoms with Gasteiger partial charge in [-0.25, -0.2) is 18.5 Å². The van der Waals surface area contributed by atoms with Gasteiger partial charge in [0.15, 0.2) is 24.4 Å². The Morgan fingerprint density at radius 2 is 1.23 bits per heavy atom. The molecule has 0 atom stereocenters. The van der Waals surface area contributed by atoms with Crippen LogP contribution in [0.25, 0.3) is 33.1 Å². The van der Waals surface area contributed by atoms with Crippen LogP contribution in [0.5, 0.6) is 0 Å². The number of halogens is 1. The molecular formula is C21H17ClN8. The molecule has 3 heterocycles. The van der Waals surface area contributed by atoms with Crippen molar-refractivity contribution in [3.63, 3.8) is 0 Å². The largest absolute Gasteiger partial charge is 1.00 e. The van der Waals surface area contributed by atoms with E-state index in [1.54, 1.807) is 0 Å². The van der Waals surface area contributed by atoms with E-state index in [-0.39, 0.29) is 12.4 Å². The van der Waals surface area contributed by atoms with Gasteiger partial charge in [-0.3, -0.25) is 0 Å². The first-order valence-electron chi connectivity index (χ1n) is 9.41. The lowest BCUT2D eigenvalue weighted by atomic mass is 10.3. The maximum absolute atomic E-state index is 4.33. The summed E-state index contributed by atoms with van der Waals surface area (Å²) in [4.78, 5) is 0. The van der Waals surface area contributed by atoms with Crippen LogP contribution in [0, 0.1) is 0 Å². The third kappa shape index (κ3) is 2.89. The van der Waals surface area contributed by atoms with E-state index < -0.39 is 0 Å². The topological polar surface area (TPSA) is 70.2 Å². The molecule has 0 amide bonds. The van der Waals surface area contributed by atoms with E-state index in [1.165, 1.54) is 0 Å². The Labute approximate surface area is 177 Å². The highest BCUT2D eigenvalue weighted by Crippen LogP contribution is 2.15. The molecule has 0 aliphatic rings. The van der Waals surface area contributed by atoms with Gasteiger partial charge in [-0.1, -0.05) is 46.8 Å². The summed E-state index contributed by atoms with van der Waals surface area (Å²) in [6.45, 7) is 1.15. The Morgan fingerprint density at radius 3 is 1.97 bits per heavy atom. The maximum atomic E-state index is 4.33. The van der Waals surface area contributed by atoms with Crippen LogP contribution in [0.3, 0.4) is 0 Å². The molecule has 3 aromatic carbocycles. The summed E-state index contributed by atoms with van der Waals surface area (Å²) in [7, 11) is 0. The Bertz CT molecular complexity index is 1370. The molecule has 9 heteroatoms. The van der Waals surface area contributed by atoms with Gasteiger partial charge in [0.2, 0.25) is 6.33 Å². The number of benzene rings is 3. The standard InChI is InChI=1S/C21H17N8.ClH/c1-3-9-18-16(7-1)22-24-28(18)14-26-13-27(21-12-6-5-11-20(21)26)15-29-19-10-4-2-8-17(19)23-25-29;/h1-13H,14-15H2;1H/q+1;/p-1. The molecule has 0 saturated heterocycles. The summed E-state index contributed by atoms with van der Waals surface area (Å²) in [5.74, 6) is 0. The predicted molar refractivity (Wildman–Crippen MR) is 108 cm³/mol. The molecule has 30 heavy (non-hydrogen) atoms. The molecular weight excluding hydrogens is 400 g/mol. The van der Waals surface area contributed by atoms with Gasteiger partial charge in [-0.15, -0.1) is 10.2 Å². The molecule has 148 valence electrons. The molecule has 6 aromatic rings. The van der Waals surface area contributed by atoms with Crippen LogP contribution < -0.4 is 17.0 Å². The summed E-state index contributed by atoms with van der Waals surface area (Å²) in [5.41, 5.74) is 6.06. The minimum atomic E-state index is 0. The van der Waals surface area contributed by atoms with Crippen molar-refractivity contribution in [2.45, 2.75) is 13.3 Å². The molecule has 0 unspecified atom stereocenters. The molecule has 0 radical (unpaired) electrons. The molecule has 0 N–H and O–H groups in total. The zero-order chi connectivity index (χ0) is 19.2. The molecule has 8 nitrogen and oxygen atoms in total. The van der Waals surface area contributed by atoms with Crippen LogP contribution in [0.15, 0.2) is 79.1 Å². The lowest BCUT2D eigenvalue weighted by molar-refractivity contribution is -0.677. The third-order valence-electron chi connectivity index (χ3n) is 5.19. The second-order valence-electron chi connectivity index (χ2n) is 6.98. The van der Waals surface area contributed by atoms with Crippen molar-refractivity contribution in [1.29, 1.82) is 0 Å². The average molecular weight is 417 g/mol. The van der Waals surface area contributed by atoms with Crippen molar-refractivity contribution in [3.05, 3.63) is 79.1 Å². The second-order valence-corrected chi connectivity index (χ2v) is 6.98. The van der Waals surface area contributed by atoms with Crippen LogP contribution in [0.1, 0.15) is 0 Å². The summed E-state index contributed by atoms with van der Waals surface area (Å²) in [6.07, 6.45) is 2.09. The molecule has 0 aliphatic carbocycles. The molecule has 0 spiro atoms. The fourth-order valence-electron chi connectivity index (χ4n) is 3.80. The summed E-state index contributed by atoms with van der Waals surface area (Å²) < 4.78 is 8.18. The van der Waals surface area contributed by atoms with Gasteiger partial charge in [0.1, 0.15) is 11.0 Å². The number of hydrogen-bond acceptors (Lipinski definition) is 4. The number of nitrogens with zero attached hydrogens (tertiary/aromatic N) is 8. The van der Waals surface area contributed by atoms with Crippen molar-refractivity contribution in [1.82, 2.24) is 34.6 Å². The molecule has 0 bridgehead atoms. The molecule has 0 saturated carbocycles. The minimum Gasteiger partial charge on any atom is -1.00 e. The number of rotatable bonds is 4. The van der Waals surface area contributed by atoms with E-state index in [9.17, 15) is 0 Å². The van der Waals surface area contributed by atoms with Gasteiger partial charge in [0.25, 0.3) is 0 Å². The van der Waals surface area contributed by atoms with Crippen molar-refractivity contribution in [2.24, 2.45) is 0 Å². The van der Waals surface area contributed by atoms with Crippen molar-refractivity contribution >= 4 is 33.1 Å². The smallest absolute Gasteiger partial charge is 0.247 e. The Kier molecular flexibility index (Phi) is 4.40. The highest BCUT2D eigenvalue weighted by molar-refractivity contribution is 5.75. The number of imidazole rings is 1. The van der Waals surface area contributed by atoms with Crippen molar-refractivity contribution in [2.75, 3.05) is 0 Å². The van der Waals surface area contributed by atoms with Gasteiger partial charge in [-0.05, 0) is 36.4 Å². The molecule has 6 rings (SSSR count). The Balaban J connectivity index is 0.00000193. The van der Waals surface area contributed by atoms with E-state index in [2.05, 4.69) is 48.2 Å². The van der Waals surface area contributed by atoms with Gasteiger partial charge < -0.3 is 12.4 Å². The first-order valence-corrected chi connectivity index (χ1v) is 9.41. The number of aromatic nitrogens is 8. The van der Waals surface area contributed by atoms with Crippen molar-refractivity contribution < 1.29 is 17.0 Å². The van der Waals surface area contributed by atoms with E-state index in [1.807, 2.05) is 70.0 Å². The SMILES string of the molecule is [Cl-].c1ccc2c(c1)nnn2Cn1c[n+](Cn2nnc3ccccc32)c2ccccc21. The zero-order valence-corrected chi connectivity index (χ0v) is 16.6. The van der Waals surface area contributed by atoms with Crippen LogP contribution in [-0.2, 0) is 13.3 Å². The minimum absolute atomic E-state index is 0. The van der Waals surface area contributed by atoms with Gasteiger partial charge in [0, 0.05) is 0 Å². The highest BCUT2D eigenvalue weighted by Gasteiger charge is 2.18. The van der Waals surface area contributed by atoms with E-state index in [0.717, 1.165) is 33.1 Å². The lowest BCUT2D eigenvalue weighted by Crippen LogP contribution is -3.00. The number of para-hydroxylation sites is 4. The average Bonchev–Trinajstić information content (AvgIpc) is 3.46. The number of fused-ring (bicyclic) bond motifs is 3. The van der Waals surface area contributed by atoms with Crippen LogP contribution in [0.4, 0.5) is 0 Å². The molecule has 0 aliphatic heterocycles. The third-order valence-corrected chi connectivity index (χ3v) is 5.19. The Morgan fingerprint density at radius 1 is 0.667 bits per heavy atom. The predicted octanol–water partition coefficient (Wildman–Crippen LogP) is -0.566. The van der Waals surface area contributed by atoms with Crippen LogP contribution in [-0.4, -0.2) is 34.6 Å². The zero-order valence-electron chi connectivity index (χ0n) is 15.9. The summed E-state index contributed by atoms with van der Waals surface area (Å²) in [5, 5.41) is 17.2. The fraction of sp³-hybridized carbons (Fsp3) is 0.0952. The van der Waals surface area contributed by atoms with Crippen LogP contribution in [0.2, 0.25) is 0 Å². The fourth-order valence-corrected chi connectivity index (χ4v) is 3.80. The molecule has 3 aromatic heterocycles. The summed E-state index contributed by atoms with van der Waals surface area (Å²) in [6, 6.07) is 24.3. The Hall–Kier alpha value is -3.78. The number of hydrogen-bond donors (Lipinski definition) is 0. The first-order chi connectivity index (χ1) is 14.4. The van der Waals surface area contributed by atoms with E-state index >= 15 is 0 Å². The van der Waals surface area contributed by atoms with E-state index in [0.29, 0.717) is 13.3 Å². The van der Waals surface area contributed by atoms with Crippen LogP contribution >= 0.6 is 0 Å². The maximum Gasteiger partial charge on any atom is 0.247 e. The normalized spacial score (nSPS) is 11.3.